The Morgan fingerprint density at radius 1 is 1.15 bits per heavy atom. The molecule has 0 aliphatic carbocycles. The summed E-state index contributed by atoms with van der Waals surface area (Å²) in [5.41, 5.74) is -2.50. The molecule has 1 aromatic carbocycles. The number of alkyl halides is 3. The summed E-state index contributed by atoms with van der Waals surface area (Å²) in [6, 6.07) is 5.46. The van der Waals surface area contributed by atoms with E-state index in [4.69, 9.17) is 4.98 Å². The molecule has 2 saturated heterocycles. The quantitative estimate of drug-likeness (QED) is 0.306. The van der Waals surface area contributed by atoms with Gasteiger partial charge in [0, 0.05) is 51.9 Å². The average molecular weight is 642 g/mol. The van der Waals surface area contributed by atoms with Gasteiger partial charge in [-0.1, -0.05) is 18.7 Å². The highest BCUT2D eigenvalue weighted by Gasteiger charge is 2.38. The van der Waals surface area contributed by atoms with Gasteiger partial charge in [0.05, 0.1) is 54.6 Å². The summed E-state index contributed by atoms with van der Waals surface area (Å²) in [4.78, 5) is 42.9. The van der Waals surface area contributed by atoms with E-state index in [9.17, 15) is 38.2 Å². The fraction of sp³-hybridized carbons (Fsp3) is 0.467. The van der Waals surface area contributed by atoms with Crippen molar-refractivity contribution in [1.82, 2.24) is 29.5 Å². The van der Waals surface area contributed by atoms with Crippen LogP contribution in [0.25, 0.3) is 16.6 Å². The van der Waals surface area contributed by atoms with E-state index in [1.54, 1.807) is 9.80 Å². The summed E-state index contributed by atoms with van der Waals surface area (Å²) in [7, 11) is 0. The monoisotopic (exact) mass is 641 g/mol. The van der Waals surface area contributed by atoms with Crippen molar-refractivity contribution in [2.75, 3.05) is 68.8 Å². The minimum atomic E-state index is -4.75. The lowest BCUT2D eigenvalue weighted by molar-refractivity contribution is -0.138. The van der Waals surface area contributed by atoms with Crippen molar-refractivity contribution in [2.24, 2.45) is 0 Å². The van der Waals surface area contributed by atoms with Crippen molar-refractivity contribution in [3.8, 4) is 11.8 Å². The molecule has 13 nitrogen and oxygen atoms in total. The lowest BCUT2D eigenvalue weighted by Gasteiger charge is -2.45. The van der Waals surface area contributed by atoms with E-state index in [1.165, 1.54) is 37.4 Å². The van der Waals surface area contributed by atoms with Crippen LogP contribution in [0.15, 0.2) is 41.8 Å². The third-order valence-electron chi connectivity index (χ3n) is 8.38. The number of piperazine rings is 1. The van der Waals surface area contributed by atoms with E-state index in [0.717, 1.165) is 0 Å². The van der Waals surface area contributed by atoms with Gasteiger partial charge in [0.25, 0.3) is 5.56 Å². The number of aryl methyl sites for hydroxylation is 1. The molecular weight excluding hydrogens is 607 g/mol. The number of rotatable bonds is 10. The van der Waals surface area contributed by atoms with E-state index < -0.39 is 29.0 Å². The van der Waals surface area contributed by atoms with Crippen LogP contribution in [0.3, 0.4) is 0 Å². The Morgan fingerprint density at radius 2 is 1.87 bits per heavy atom. The molecule has 16 heteroatoms. The van der Waals surface area contributed by atoms with E-state index in [-0.39, 0.29) is 73.6 Å². The number of halogens is 3. The van der Waals surface area contributed by atoms with Gasteiger partial charge in [0.1, 0.15) is 11.3 Å². The molecule has 0 spiro atoms. The number of fused-ring (bicyclic) bond motifs is 1. The van der Waals surface area contributed by atoms with Crippen LogP contribution in [0, 0.1) is 18.3 Å². The number of aromatic nitrogens is 4. The molecule has 0 radical (unpaired) electrons. The smallest absolute Gasteiger partial charge is 0.395 e. The molecule has 46 heavy (non-hydrogen) atoms. The lowest BCUT2D eigenvalue weighted by Crippen LogP contribution is -2.61. The third kappa shape index (κ3) is 6.26. The zero-order valence-corrected chi connectivity index (χ0v) is 25.2. The highest BCUT2D eigenvalue weighted by molar-refractivity contribution is 5.90. The molecule has 1 amide bonds. The van der Waals surface area contributed by atoms with Gasteiger partial charge < -0.3 is 24.9 Å². The third-order valence-corrected chi connectivity index (χ3v) is 8.38. The van der Waals surface area contributed by atoms with Crippen LogP contribution >= 0.6 is 0 Å². The Balaban J connectivity index is 1.62. The SMILES string of the molecule is C=CC(=O)N1CCN(c2nc(N3CC(N(CCO)CCO)C3)nc3c(=O)n(-c4cccc(C)c4C(F)(F)F)ncc23)CC1CC#N. The largest absolute Gasteiger partial charge is 0.418 e. The van der Waals surface area contributed by atoms with Crippen LogP contribution in [0.5, 0.6) is 0 Å². The molecule has 0 saturated carbocycles. The Bertz CT molecular complexity index is 1710. The van der Waals surface area contributed by atoms with Crippen LogP contribution < -0.4 is 15.4 Å². The molecule has 1 unspecified atom stereocenters. The topological polar surface area (TPSA) is 155 Å². The first-order chi connectivity index (χ1) is 22.0. The van der Waals surface area contributed by atoms with Crippen molar-refractivity contribution in [2.45, 2.75) is 31.6 Å². The fourth-order valence-electron chi connectivity index (χ4n) is 6.07. The molecule has 4 heterocycles. The summed E-state index contributed by atoms with van der Waals surface area (Å²) >= 11 is 0. The number of carbonyl (C=O) groups excluding carboxylic acids is 1. The summed E-state index contributed by atoms with van der Waals surface area (Å²) in [5.74, 6) is 0.151. The second-order valence-electron chi connectivity index (χ2n) is 11.2. The molecule has 5 rings (SSSR count). The van der Waals surface area contributed by atoms with Crippen LogP contribution in [0.4, 0.5) is 24.9 Å². The standard InChI is InChI=1S/C30H34F3N9O4/c1-3-24(45)41-10-9-39(16-20(41)7-8-34)27-22-15-35-42(23-6-4-5-19(2)25(23)30(31,32)33)28(46)26(22)36-29(37-27)40-17-21(18-40)38(11-13-43)12-14-44/h3-6,15,20-21,43-44H,1,7,9-14,16-18H2,2H3. The molecule has 0 bridgehead atoms. The molecule has 2 aliphatic rings. The van der Waals surface area contributed by atoms with Gasteiger partial charge in [-0.3, -0.25) is 14.5 Å². The number of aliphatic hydroxyl groups is 2. The van der Waals surface area contributed by atoms with Crippen LogP contribution in [-0.2, 0) is 11.0 Å². The van der Waals surface area contributed by atoms with E-state index in [1.807, 2.05) is 9.80 Å². The highest BCUT2D eigenvalue weighted by atomic mass is 19.4. The molecule has 2 aliphatic heterocycles. The van der Waals surface area contributed by atoms with Crippen LogP contribution in [-0.4, -0.2) is 117 Å². The maximum atomic E-state index is 14.1. The summed E-state index contributed by atoms with van der Waals surface area (Å²) in [6.45, 7) is 6.92. The second kappa shape index (κ2) is 13.4. The number of nitrogens with zero attached hydrogens (tertiary/aromatic N) is 9. The predicted molar refractivity (Wildman–Crippen MR) is 163 cm³/mol. The summed E-state index contributed by atoms with van der Waals surface area (Å²) < 4.78 is 43.1. The van der Waals surface area contributed by atoms with Gasteiger partial charge in [-0.05, 0) is 24.6 Å². The number of nitriles is 1. The van der Waals surface area contributed by atoms with Gasteiger partial charge in [0.15, 0.2) is 0 Å². The number of anilines is 2. The zero-order valence-electron chi connectivity index (χ0n) is 25.2. The fourth-order valence-corrected chi connectivity index (χ4v) is 6.07. The van der Waals surface area contributed by atoms with Gasteiger partial charge in [-0.15, -0.1) is 0 Å². The average Bonchev–Trinajstić information content (AvgIpc) is 2.99. The summed E-state index contributed by atoms with van der Waals surface area (Å²) in [6.07, 6.45) is -2.27. The van der Waals surface area contributed by atoms with Gasteiger partial charge in [-0.25, -0.2) is 4.98 Å². The van der Waals surface area contributed by atoms with E-state index in [2.05, 4.69) is 22.7 Å². The number of carbonyl (C=O) groups is 1. The maximum Gasteiger partial charge on any atom is 0.418 e. The molecular formula is C30H34F3N9O4. The van der Waals surface area contributed by atoms with Crippen molar-refractivity contribution < 1.29 is 28.2 Å². The molecule has 2 aromatic heterocycles. The Morgan fingerprint density at radius 3 is 2.50 bits per heavy atom. The van der Waals surface area contributed by atoms with Crippen LogP contribution in [0.2, 0.25) is 0 Å². The number of hydrogen-bond donors (Lipinski definition) is 2. The van der Waals surface area contributed by atoms with Crippen molar-refractivity contribution in [3.63, 3.8) is 0 Å². The molecule has 2 fully saturated rings. The van der Waals surface area contributed by atoms with E-state index >= 15 is 0 Å². The number of benzene rings is 1. The molecule has 244 valence electrons. The molecule has 2 N–H and O–H groups in total. The number of aliphatic hydroxyl groups excluding tert-OH is 2. The number of amides is 1. The van der Waals surface area contributed by atoms with Crippen molar-refractivity contribution in [1.29, 1.82) is 5.26 Å². The predicted octanol–water partition coefficient (Wildman–Crippen LogP) is 1.10. The highest BCUT2D eigenvalue weighted by Crippen LogP contribution is 2.36. The second-order valence-corrected chi connectivity index (χ2v) is 11.2. The first-order valence-electron chi connectivity index (χ1n) is 14.7. The van der Waals surface area contributed by atoms with E-state index in [0.29, 0.717) is 36.7 Å². The minimum Gasteiger partial charge on any atom is -0.395 e. The Labute approximate surface area is 262 Å². The first kappa shape index (κ1) is 32.8. The number of hydrogen-bond acceptors (Lipinski definition) is 11. The van der Waals surface area contributed by atoms with Gasteiger partial charge in [-0.2, -0.15) is 33.2 Å². The Kier molecular flexibility index (Phi) is 9.56. The Hall–Kier alpha value is -4.59. The maximum absolute atomic E-state index is 14.1. The zero-order chi connectivity index (χ0) is 33.2. The summed E-state index contributed by atoms with van der Waals surface area (Å²) in [5, 5.41) is 32.7. The van der Waals surface area contributed by atoms with Gasteiger partial charge in [0.2, 0.25) is 11.9 Å². The normalized spacial score (nSPS) is 17.3. The molecule has 1 atom stereocenters. The van der Waals surface area contributed by atoms with Gasteiger partial charge >= 0.3 is 6.18 Å². The van der Waals surface area contributed by atoms with Crippen LogP contribution in [0.1, 0.15) is 17.5 Å². The van der Waals surface area contributed by atoms with Crippen molar-refractivity contribution in [3.05, 3.63) is 58.5 Å². The molecule has 3 aromatic rings. The first-order valence-corrected chi connectivity index (χ1v) is 14.7. The minimum absolute atomic E-state index is 0.0317. The van der Waals surface area contributed by atoms with Crippen molar-refractivity contribution >= 4 is 28.6 Å². The lowest BCUT2D eigenvalue weighted by atomic mass is 10.1.